The van der Waals surface area contributed by atoms with E-state index in [1.54, 1.807) is 18.2 Å². The van der Waals surface area contributed by atoms with E-state index in [2.05, 4.69) is 5.32 Å². The lowest BCUT2D eigenvalue weighted by molar-refractivity contribution is -0.0507. The molecule has 0 saturated carbocycles. The van der Waals surface area contributed by atoms with Crippen molar-refractivity contribution in [3.8, 4) is 16.9 Å². The summed E-state index contributed by atoms with van der Waals surface area (Å²) >= 11 is 0. The summed E-state index contributed by atoms with van der Waals surface area (Å²) < 4.78 is 53.0. The van der Waals surface area contributed by atoms with E-state index in [1.165, 1.54) is 18.4 Å². The number of nitrogens with zero attached hydrogens (tertiary/aromatic N) is 2. The first-order chi connectivity index (χ1) is 16.7. The molecule has 6 rings (SSSR count). The number of fused-ring (bicyclic) bond motifs is 9. The first kappa shape index (κ1) is 21.7. The highest BCUT2D eigenvalue weighted by molar-refractivity contribution is 7.91. The SMILES string of the molecule is CS(=N)(=O)c1ccc(-c2ccc3nc4n(c3c2)[C@@H]2C[C@H]4NC(=O)c3cccc(OC(F)F)c32)cc1. The van der Waals surface area contributed by atoms with Crippen LogP contribution in [0.4, 0.5) is 8.78 Å². The summed E-state index contributed by atoms with van der Waals surface area (Å²) in [6, 6.07) is 16.6. The van der Waals surface area contributed by atoms with Gasteiger partial charge in [-0.2, -0.15) is 8.78 Å². The van der Waals surface area contributed by atoms with E-state index in [4.69, 9.17) is 14.5 Å². The van der Waals surface area contributed by atoms with Gasteiger partial charge in [0.1, 0.15) is 11.6 Å². The molecule has 7 nitrogen and oxygen atoms in total. The van der Waals surface area contributed by atoms with E-state index in [9.17, 15) is 17.8 Å². The van der Waals surface area contributed by atoms with Crippen LogP contribution in [-0.2, 0) is 9.73 Å². The molecule has 0 radical (unpaired) electrons. The Kier molecular flexibility index (Phi) is 4.72. The van der Waals surface area contributed by atoms with Crippen LogP contribution < -0.4 is 10.1 Å². The smallest absolute Gasteiger partial charge is 0.387 e. The molecule has 178 valence electrons. The van der Waals surface area contributed by atoms with Crippen LogP contribution in [0.3, 0.4) is 0 Å². The molecule has 3 heterocycles. The fourth-order valence-electron chi connectivity index (χ4n) is 5.10. The maximum atomic E-state index is 13.2. The number of hydrogen-bond donors (Lipinski definition) is 2. The maximum absolute atomic E-state index is 13.2. The van der Waals surface area contributed by atoms with Crippen LogP contribution in [-0.4, -0.2) is 32.5 Å². The molecule has 0 spiro atoms. The summed E-state index contributed by atoms with van der Waals surface area (Å²) in [5.41, 5.74) is 4.04. The zero-order chi connectivity index (χ0) is 24.5. The van der Waals surface area contributed by atoms with Crippen molar-refractivity contribution in [3.05, 3.63) is 77.6 Å². The Morgan fingerprint density at radius 2 is 1.89 bits per heavy atom. The zero-order valence-corrected chi connectivity index (χ0v) is 19.3. The lowest BCUT2D eigenvalue weighted by atomic mass is 9.97. The molecule has 0 fully saturated rings. The number of carbonyl (C=O) groups excluding carboxylic acids is 1. The van der Waals surface area contributed by atoms with Crippen LogP contribution in [0.5, 0.6) is 5.75 Å². The largest absolute Gasteiger partial charge is 0.434 e. The summed E-state index contributed by atoms with van der Waals surface area (Å²) in [4.78, 5) is 18.1. The topological polar surface area (TPSA) is 97.1 Å². The van der Waals surface area contributed by atoms with Crippen molar-refractivity contribution in [2.45, 2.75) is 30.0 Å². The monoisotopic (exact) mass is 494 g/mol. The van der Waals surface area contributed by atoms with Gasteiger partial charge in [0.25, 0.3) is 5.91 Å². The first-order valence-corrected chi connectivity index (χ1v) is 12.9. The highest BCUT2D eigenvalue weighted by Gasteiger charge is 2.42. The van der Waals surface area contributed by atoms with Crippen LogP contribution in [0.1, 0.15) is 40.3 Å². The lowest BCUT2D eigenvalue weighted by Crippen LogP contribution is -2.28. The van der Waals surface area contributed by atoms with E-state index in [-0.39, 0.29) is 17.7 Å². The fourth-order valence-corrected chi connectivity index (χ4v) is 5.75. The van der Waals surface area contributed by atoms with E-state index < -0.39 is 22.4 Å². The number of rotatable bonds is 4. The molecule has 4 aromatic rings. The molecule has 10 heteroatoms. The highest BCUT2D eigenvalue weighted by atomic mass is 32.2. The molecule has 2 aliphatic heterocycles. The van der Waals surface area contributed by atoms with Gasteiger partial charge in [0.2, 0.25) is 0 Å². The number of ether oxygens (including phenoxy) is 1. The van der Waals surface area contributed by atoms with Crippen molar-refractivity contribution in [3.63, 3.8) is 0 Å². The first-order valence-electron chi connectivity index (χ1n) is 11.0. The summed E-state index contributed by atoms with van der Waals surface area (Å²) in [5, 5.41) is 2.98. The van der Waals surface area contributed by atoms with E-state index in [0.29, 0.717) is 28.3 Å². The maximum Gasteiger partial charge on any atom is 0.387 e. The van der Waals surface area contributed by atoms with E-state index in [1.807, 2.05) is 34.9 Å². The van der Waals surface area contributed by atoms with Gasteiger partial charge in [0.05, 0.1) is 32.8 Å². The number of nitrogens with one attached hydrogen (secondary N) is 2. The molecular weight excluding hydrogens is 474 g/mol. The van der Waals surface area contributed by atoms with Crippen LogP contribution in [0.25, 0.3) is 22.2 Å². The Morgan fingerprint density at radius 1 is 1.14 bits per heavy atom. The molecule has 2 aliphatic rings. The number of halogens is 2. The number of alkyl halides is 2. The minimum atomic E-state index is -3.01. The number of imidazole rings is 1. The molecule has 1 unspecified atom stereocenters. The Morgan fingerprint density at radius 3 is 2.60 bits per heavy atom. The van der Waals surface area contributed by atoms with Crippen molar-refractivity contribution in [1.82, 2.24) is 14.9 Å². The molecule has 1 amide bonds. The van der Waals surface area contributed by atoms with Crippen molar-refractivity contribution >= 4 is 26.7 Å². The van der Waals surface area contributed by atoms with Gasteiger partial charge in [-0.1, -0.05) is 24.3 Å². The molecule has 35 heavy (non-hydrogen) atoms. The van der Waals surface area contributed by atoms with Crippen molar-refractivity contribution < 1.29 is 22.5 Å². The van der Waals surface area contributed by atoms with Gasteiger partial charge in [0, 0.05) is 22.3 Å². The molecule has 3 atom stereocenters. The average molecular weight is 495 g/mol. The van der Waals surface area contributed by atoms with Crippen molar-refractivity contribution in [2.75, 3.05) is 6.26 Å². The molecule has 2 N–H and O–H groups in total. The number of benzene rings is 3. The third-order valence-corrected chi connectivity index (χ3v) is 7.77. The fraction of sp³-hybridized carbons (Fsp3) is 0.200. The Balaban J connectivity index is 1.51. The normalized spacial score (nSPS) is 20.2. The Hall–Kier alpha value is -3.79. The second-order valence-electron chi connectivity index (χ2n) is 8.78. The molecule has 0 saturated heterocycles. The van der Waals surface area contributed by atoms with E-state index in [0.717, 1.165) is 22.2 Å². The van der Waals surface area contributed by atoms with Crippen LogP contribution >= 0.6 is 0 Å². The van der Waals surface area contributed by atoms with Gasteiger partial charge in [-0.05, 0) is 53.9 Å². The van der Waals surface area contributed by atoms with E-state index >= 15 is 0 Å². The molecule has 2 bridgehead atoms. The van der Waals surface area contributed by atoms with Gasteiger partial charge in [-0.3, -0.25) is 4.79 Å². The van der Waals surface area contributed by atoms with Gasteiger partial charge in [-0.25, -0.2) is 14.0 Å². The minimum Gasteiger partial charge on any atom is -0.434 e. The summed E-state index contributed by atoms with van der Waals surface area (Å²) in [5.74, 6) is 0.315. The summed E-state index contributed by atoms with van der Waals surface area (Å²) in [7, 11) is -2.81. The second kappa shape index (κ2) is 7.61. The Bertz CT molecular complexity index is 1610. The van der Waals surface area contributed by atoms with Crippen LogP contribution in [0, 0.1) is 4.78 Å². The van der Waals surface area contributed by atoms with Gasteiger partial charge in [-0.15, -0.1) is 0 Å². The predicted molar refractivity (Wildman–Crippen MR) is 126 cm³/mol. The quantitative estimate of drug-likeness (QED) is 0.412. The predicted octanol–water partition coefficient (Wildman–Crippen LogP) is 5.12. The Labute approximate surface area is 199 Å². The molecule has 3 aromatic carbocycles. The molecule has 1 aromatic heterocycles. The average Bonchev–Trinajstić information content (AvgIpc) is 3.30. The van der Waals surface area contributed by atoms with Gasteiger partial charge >= 0.3 is 6.61 Å². The third-order valence-electron chi connectivity index (χ3n) is 6.60. The number of amides is 1. The third kappa shape index (κ3) is 3.47. The summed E-state index contributed by atoms with van der Waals surface area (Å²) in [6.45, 7) is -3.01. The number of hydrogen-bond acceptors (Lipinski definition) is 5. The number of carbonyl (C=O) groups is 1. The highest BCUT2D eigenvalue weighted by Crippen LogP contribution is 2.47. The minimum absolute atomic E-state index is 0.0155. The van der Waals surface area contributed by atoms with Crippen molar-refractivity contribution in [2.24, 2.45) is 0 Å². The van der Waals surface area contributed by atoms with Crippen molar-refractivity contribution in [1.29, 1.82) is 4.78 Å². The number of aromatic nitrogens is 2. The second-order valence-corrected chi connectivity index (χ2v) is 10.9. The lowest BCUT2D eigenvalue weighted by Gasteiger charge is -2.21. The zero-order valence-electron chi connectivity index (χ0n) is 18.5. The standard InChI is InChI=1S/C25H20F2N4O3S/c1-35(28,33)15-8-5-13(6-9-15)14-7-10-17-19(11-14)31-20-12-18(23(31)29-17)30-24(32)16-3-2-4-21(22(16)20)34-25(26)27/h2-11,18,20,25,28H,12H2,1H3,(H,30,32)/t18-,20-,35?/m1/s1. The van der Waals surface area contributed by atoms with Gasteiger partial charge in [0.15, 0.2) is 0 Å². The summed E-state index contributed by atoms with van der Waals surface area (Å²) in [6.07, 6.45) is 1.86. The van der Waals surface area contributed by atoms with Crippen LogP contribution in [0.2, 0.25) is 0 Å². The van der Waals surface area contributed by atoms with Crippen LogP contribution in [0.15, 0.2) is 65.6 Å². The van der Waals surface area contributed by atoms with Gasteiger partial charge < -0.3 is 14.6 Å². The molecular formula is C25H20F2N4O3S. The molecule has 0 aliphatic carbocycles.